The van der Waals surface area contributed by atoms with E-state index >= 15 is 4.79 Å². The summed E-state index contributed by atoms with van der Waals surface area (Å²) in [4.78, 5) is 53.5. The molecule has 3 heterocycles. The quantitative estimate of drug-likeness (QED) is 0.226. The normalized spacial score (nSPS) is 50.6. The number of rotatable bonds is 6. The van der Waals surface area contributed by atoms with Gasteiger partial charge in [0.2, 0.25) is 6.29 Å². The van der Waals surface area contributed by atoms with Crippen LogP contribution >= 0.6 is 0 Å². The molecule has 0 aromatic carbocycles. The maximum atomic E-state index is 15.0. The monoisotopic (exact) mass is 674 g/mol. The van der Waals surface area contributed by atoms with Gasteiger partial charge in [0.05, 0.1) is 42.7 Å². The van der Waals surface area contributed by atoms with Gasteiger partial charge in [-0.25, -0.2) is 0 Å². The van der Waals surface area contributed by atoms with Gasteiger partial charge in [-0.15, -0.1) is 0 Å². The fourth-order valence-electron chi connectivity index (χ4n) is 11.6. The number of hydrogen-bond acceptors (Lipinski definition) is 13. The zero-order chi connectivity index (χ0) is 34.9. The maximum Gasteiger partial charge on any atom is 0.310 e. The number of esters is 3. The Balaban J connectivity index is 1.42. The summed E-state index contributed by atoms with van der Waals surface area (Å²) in [5.41, 5.74) is -6.04. The Morgan fingerprint density at radius 1 is 1.02 bits per heavy atom. The molecule has 3 N–H and O–H groups in total. The van der Waals surface area contributed by atoms with Crippen molar-refractivity contribution < 1.29 is 62.6 Å². The Morgan fingerprint density at radius 2 is 1.71 bits per heavy atom. The van der Waals surface area contributed by atoms with Crippen molar-refractivity contribution in [2.75, 3.05) is 6.61 Å². The zero-order valence-corrected chi connectivity index (χ0v) is 28.3. The van der Waals surface area contributed by atoms with E-state index in [4.69, 9.17) is 28.1 Å². The molecule has 16 atom stereocenters. The van der Waals surface area contributed by atoms with E-state index in [1.807, 2.05) is 13.8 Å². The molecule has 7 rings (SSSR count). The molecule has 1 aromatic rings. The Bertz CT molecular complexity index is 1530. The number of ketones is 1. The number of ether oxygens (including phenoxy) is 5. The van der Waals surface area contributed by atoms with Crippen LogP contribution in [0.3, 0.4) is 0 Å². The van der Waals surface area contributed by atoms with Crippen molar-refractivity contribution in [3.8, 4) is 0 Å². The third kappa shape index (κ3) is 3.74. The average molecular weight is 675 g/mol. The predicted molar refractivity (Wildman–Crippen MR) is 161 cm³/mol. The Labute approximate surface area is 278 Å². The van der Waals surface area contributed by atoms with Gasteiger partial charge >= 0.3 is 17.9 Å². The number of aliphatic hydroxyl groups is 3. The second-order valence-electron chi connectivity index (χ2n) is 15.7. The lowest BCUT2D eigenvalue weighted by Crippen LogP contribution is -2.84. The van der Waals surface area contributed by atoms with Gasteiger partial charge in [0, 0.05) is 41.9 Å². The molecule has 0 amide bonds. The summed E-state index contributed by atoms with van der Waals surface area (Å²) in [6.45, 7) is 10.8. The van der Waals surface area contributed by atoms with Crippen LogP contribution < -0.4 is 0 Å². The molecule has 6 aliphatic rings. The van der Waals surface area contributed by atoms with E-state index in [0.717, 1.165) is 12.5 Å². The van der Waals surface area contributed by atoms with Crippen molar-refractivity contribution >= 4 is 23.7 Å². The minimum atomic E-state index is -1.66. The minimum absolute atomic E-state index is 0.0283. The minimum Gasteiger partial charge on any atom is -0.472 e. The second-order valence-corrected chi connectivity index (χ2v) is 15.7. The van der Waals surface area contributed by atoms with Crippen molar-refractivity contribution in [2.24, 2.45) is 39.4 Å². The van der Waals surface area contributed by atoms with Crippen LogP contribution in [0.15, 0.2) is 23.0 Å². The van der Waals surface area contributed by atoms with Crippen LogP contribution in [0.1, 0.15) is 79.2 Å². The van der Waals surface area contributed by atoms with Crippen LogP contribution in [0.2, 0.25) is 0 Å². The zero-order valence-electron chi connectivity index (χ0n) is 28.3. The summed E-state index contributed by atoms with van der Waals surface area (Å²) >= 11 is 0. The van der Waals surface area contributed by atoms with Gasteiger partial charge in [0.1, 0.15) is 17.8 Å². The first-order valence-corrected chi connectivity index (χ1v) is 16.9. The standard InChI is InChI=1S/C35H46O13/c1-8-15(2)29(42)47-30-31(5)20-12-21(38)33(7)25(34(20,14-44-30)27(41)24(45-16(3)36)28(31)46-17(4)37)23(39)26(40)32(6)19(18-9-10-43-13-18)11-22-35(32,33)48-22/h9-10,13,15,19-22,24-28,30,38,40-41H,8,11-12,14H2,1-7H3/t15-,19+,20+,21-,22-,24-,25+,26-,27+,28-,30?,31+,32-,33-,34+,35-/m1/s1. The van der Waals surface area contributed by atoms with Gasteiger partial charge in [0.25, 0.3) is 0 Å². The summed E-state index contributed by atoms with van der Waals surface area (Å²) in [5, 5.41) is 37.2. The Kier molecular flexibility index (Phi) is 7.42. The predicted octanol–water partition coefficient (Wildman–Crippen LogP) is 2.03. The molecular weight excluding hydrogens is 628 g/mol. The number of aliphatic hydroxyl groups excluding tert-OH is 3. The smallest absolute Gasteiger partial charge is 0.310 e. The van der Waals surface area contributed by atoms with Crippen molar-refractivity contribution in [1.29, 1.82) is 0 Å². The first-order chi connectivity index (χ1) is 22.5. The maximum absolute atomic E-state index is 15.0. The first-order valence-electron chi connectivity index (χ1n) is 16.9. The number of epoxide rings is 1. The molecular formula is C35H46O13. The Morgan fingerprint density at radius 3 is 2.31 bits per heavy atom. The molecule has 0 radical (unpaired) electrons. The lowest BCUT2D eigenvalue weighted by atomic mass is 9.33. The molecule has 4 saturated carbocycles. The van der Waals surface area contributed by atoms with Crippen LogP contribution in [-0.4, -0.2) is 94.1 Å². The number of fused-ring (bicyclic) bond motifs is 1. The van der Waals surface area contributed by atoms with E-state index in [1.165, 1.54) is 13.2 Å². The molecule has 1 aromatic heterocycles. The Hall–Kier alpha value is -2.84. The highest BCUT2D eigenvalue weighted by atomic mass is 16.7. The molecule has 2 bridgehead atoms. The van der Waals surface area contributed by atoms with Crippen molar-refractivity contribution in [3.63, 3.8) is 0 Å². The van der Waals surface area contributed by atoms with Crippen LogP contribution in [0.5, 0.6) is 0 Å². The molecule has 13 heteroatoms. The van der Waals surface area contributed by atoms with Crippen molar-refractivity contribution in [3.05, 3.63) is 24.2 Å². The van der Waals surface area contributed by atoms with Gasteiger partial charge in [-0.2, -0.15) is 0 Å². The molecule has 48 heavy (non-hydrogen) atoms. The van der Waals surface area contributed by atoms with E-state index in [1.54, 1.807) is 33.1 Å². The molecule has 2 saturated heterocycles. The van der Waals surface area contributed by atoms with Gasteiger partial charge in [-0.05, 0) is 43.7 Å². The third-order valence-electron chi connectivity index (χ3n) is 13.9. The molecule has 6 fully saturated rings. The molecule has 1 unspecified atom stereocenters. The van der Waals surface area contributed by atoms with Gasteiger partial charge in [0.15, 0.2) is 18.0 Å². The lowest BCUT2D eigenvalue weighted by Gasteiger charge is -2.73. The largest absolute Gasteiger partial charge is 0.472 e. The first kappa shape index (κ1) is 33.6. The number of furan rings is 1. The average Bonchev–Trinajstić information content (AvgIpc) is 3.39. The van der Waals surface area contributed by atoms with Gasteiger partial charge in [-0.1, -0.05) is 27.7 Å². The number of carbonyl (C=O) groups excluding carboxylic acids is 4. The van der Waals surface area contributed by atoms with E-state index in [-0.39, 0.29) is 18.9 Å². The van der Waals surface area contributed by atoms with Crippen LogP contribution in [0.25, 0.3) is 0 Å². The lowest BCUT2D eigenvalue weighted by molar-refractivity contribution is -0.391. The number of hydrogen-bond donors (Lipinski definition) is 3. The summed E-state index contributed by atoms with van der Waals surface area (Å²) in [5.74, 6) is -5.68. The fourth-order valence-corrected chi connectivity index (χ4v) is 11.6. The van der Waals surface area contributed by atoms with E-state index < -0.39 is 112 Å². The second kappa shape index (κ2) is 10.6. The van der Waals surface area contributed by atoms with Gasteiger partial charge in [-0.3, -0.25) is 19.2 Å². The molecule has 1 spiro atoms. The molecule has 2 aliphatic heterocycles. The van der Waals surface area contributed by atoms with E-state index in [9.17, 15) is 29.7 Å². The van der Waals surface area contributed by atoms with E-state index in [2.05, 4.69) is 0 Å². The summed E-state index contributed by atoms with van der Waals surface area (Å²) in [7, 11) is 0. The highest BCUT2D eigenvalue weighted by Gasteiger charge is 2.92. The van der Waals surface area contributed by atoms with Crippen LogP contribution in [-0.2, 0) is 42.9 Å². The van der Waals surface area contributed by atoms with Gasteiger partial charge < -0.3 is 43.4 Å². The third-order valence-corrected chi connectivity index (χ3v) is 13.9. The number of carbonyl (C=O) groups is 4. The fraction of sp³-hybridized carbons (Fsp3) is 0.771. The molecule has 264 valence electrons. The van der Waals surface area contributed by atoms with Crippen LogP contribution in [0.4, 0.5) is 0 Å². The summed E-state index contributed by atoms with van der Waals surface area (Å²) in [6, 6.07) is 1.80. The highest BCUT2D eigenvalue weighted by molar-refractivity contribution is 5.91. The highest BCUT2D eigenvalue weighted by Crippen LogP contribution is 2.82. The molecule has 13 nitrogen and oxygen atoms in total. The van der Waals surface area contributed by atoms with E-state index in [0.29, 0.717) is 12.8 Å². The van der Waals surface area contributed by atoms with Crippen LogP contribution in [0, 0.1) is 39.4 Å². The SMILES string of the molecule is CC[C@@H](C)C(=O)OC1OC[C@@]23[C@H]4C(=O)[C@@H](O)[C@@]5(C)[C@H](c6ccoc6)C[C@H]6O[C@]65[C@]4(C)[C@H](O)C[C@H]2[C@@]1(C)[C@H](OC(C)=O)[C@H](OC(C)=O)[C@@H]3O. The van der Waals surface area contributed by atoms with Crippen molar-refractivity contribution in [2.45, 2.75) is 122 Å². The topological polar surface area (TPSA) is 192 Å². The van der Waals surface area contributed by atoms with Crippen molar-refractivity contribution in [1.82, 2.24) is 0 Å². The number of Topliss-reactive ketones (excluding diaryl/α,β-unsaturated/α-hetero) is 1. The summed E-state index contributed by atoms with van der Waals surface area (Å²) in [6.07, 6.45) is -5.09. The summed E-state index contributed by atoms with van der Waals surface area (Å²) < 4.78 is 35.9. The molecule has 4 aliphatic carbocycles.